The Morgan fingerprint density at radius 2 is 1.90 bits per heavy atom. The average Bonchev–Trinajstić information content (AvgIpc) is 2.43. The van der Waals surface area contributed by atoms with Crippen molar-refractivity contribution >= 4 is 58.0 Å². The lowest BCUT2D eigenvalue weighted by Gasteiger charge is -2.23. The monoisotopic (exact) mass is 368 g/mol. The Kier molecular flexibility index (Phi) is 6.96. The van der Waals surface area contributed by atoms with Gasteiger partial charge in [0, 0.05) is 5.56 Å². The van der Waals surface area contributed by atoms with Crippen molar-refractivity contribution in [2.24, 2.45) is 10.8 Å². The van der Waals surface area contributed by atoms with Gasteiger partial charge in [-0.2, -0.15) is 0 Å². The van der Waals surface area contributed by atoms with Crippen molar-refractivity contribution in [3.05, 3.63) is 35.4 Å². The fraction of sp³-hybridized carbons (Fsp3) is 0.333. The summed E-state index contributed by atoms with van der Waals surface area (Å²) >= 11 is 22.6. The summed E-state index contributed by atoms with van der Waals surface area (Å²) in [6.07, 6.45) is -0.970. The molecule has 1 unspecified atom stereocenters. The van der Waals surface area contributed by atoms with Crippen LogP contribution in [0.25, 0.3) is 0 Å². The number of halogens is 3. The zero-order valence-electron chi connectivity index (χ0n) is 11.4. The van der Waals surface area contributed by atoms with Gasteiger partial charge in [0.05, 0.1) is 7.11 Å². The van der Waals surface area contributed by atoms with Crippen LogP contribution in [-0.4, -0.2) is 28.1 Å². The van der Waals surface area contributed by atoms with Gasteiger partial charge in [-0.15, -0.1) is 0 Å². The number of methoxy groups -OCH3 is 1. The highest BCUT2D eigenvalue weighted by Crippen LogP contribution is 2.31. The highest BCUT2D eigenvalue weighted by molar-refractivity contribution is 7.80. The van der Waals surface area contributed by atoms with Gasteiger partial charge >= 0.3 is 0 Å². The molecule has 21 heavy (non-hydrogen) atoms. The van der Waals surface area contributed by atoms with Crippen LogP contribution >= 0.6 is 47.0 Å². The van der Waals surface area contributed by atoms with E-state index >= 15 is 0 Å². The van der Waals surface area contributed by atoms with E-state index in [1.165, 1.54) is 7.11 Å². The second-order valence-corrected chi connectivity index (χ2v) is 6.84. The first-order valence-electron chi connectivity index (χ1n) is 5.80. The lowest BCUT2D eigenvalue weighted by atomic mass is 10.1. The normalized spacial score (nSPS) is 13.5. The van der Waals surface area contributed by atoms with Gasteiger partial charge < -0.3 is 15.5 Å². The quantitative estimate of drug-likeness (QED) is 0.191. The molecule has 0 spiro atoms. The van der Waals surface area contributed by atoms with Gasteiger partial charge in [0.1, 0.15) is 0 Å². The molecule has 0 aliphatic heterocycles. The third-order valence-electron chi connectivity index (χ3n) is 2.45. The van der Waals surface area contributed by atoms with Crippen molar-refractivity contribution in [2.45, 2.75) is 16.9 Å². The predicted molar refractivity (Wildman–Crippen MR) is 91.9 cm³/mol. The number of nitrogens with two attached hydrogens (primary N) is 1. The smallest absolute Gasteiger partial charge is 0.230 e. The van der Waals surface area contributed by atoms with Gasteiger partial charge in [0.15, 0.2) is 11.3 Å². The van der Waals surface area contributed by atoms with E-state index in [0.29, 0.717) is 5.90 Å². The van der Waals surface area contributed by atoms with Crippen molar-refractivity contribution in [1.82, 2.24) is 10.7 Å². The highest BCUT2D eigenvalue weighted by Gasteiger charge is 2.33. The van der Waals surface area contributed by atoms with Crippen LogP contribution in [0.15, 0.2) is 29.3 Å². The molecule has 116 valence electrons. The number of nitrogens with one attached hydrogen (secondary N) is 2. The minimum Gasteiger partial charge on any atom is -0.481 e. The second-order valence-electron chi connectivity index (χ2n) is 4.07. The molecule has 0 saturated carbocycles. The largest absolute Gasteiger partial charge is 0.481 e. The van der Waals surface area contributed by atoms with Crippen molar-refractivity contribution in [2.75, 3.05) is 7.11 Å². The third-order valence-corrected chi connectivity index (χ3v) is 3.30. The number of thiocarbonyl (C=S) groups is 1. The van der Waals surface area contributed by atoms with Crippen LogP contribution in [0.4, 0.5) is 0 Å². The van der Waals surface area contributed by atoms with Crippen molar-refractivity contribution in [1.29, 1.82) is 0 Å². The third kappa shape index (κ3) is 5.84. The Morgan fingerprint density at radius 3 is 2.33 bits per heavy atom. The molecule has 4 N–H and O–H groups in total. The number of aryl methyl sites for hydroxylation is 1. The molecule has 0 aliphatic carbocycles. The first-order valence-corrected chi connectivity index (χ1v) is 7.34. The van der Waals surface area contributed by atoms with Gasteiger partial charge in [-0.3, -0.25) is 0 Å². The molecule has 0 saturated heterocycles. The van der Waals surface area contributed by atoms with E-state index in [4.69, 9.17) is 57.6 Å². The molecular weight excluding hydrogens is 355 g/mol. The maximum absolute atomic E-state index is 5.89. The predicted octanol–water partition coefficient (Wildman–Crippen LogP) is 2.42. The zero-order chi connectivity index (χ0) is 16.0. The lowest BCUT2D eigenvalue weighted by molar-refractivity contribution is 0.397. The zero-order valence-corrected chi connectivity index (χ0v) is 14.4. The van der Waals surface area contributed by atoms with Crippen LogP contribution in [0.1, 0.15) is 11.1 Å². The Morgan fingerprint density at radius 1 is 1.33 bits per heavy atom. The number of nitrogens with zero attached hydrogens (tertiary/aromatic N) is 1. The molecule has 1 aromatic carbocycles. The van der Waals surface area contributed by atoms with Gasteiger partial charge in [-0.05, 0) is 31.3 Å². The summed E-state index contributed by atoms with van der Waals surface area (Å²) in [5.74, 6) is 5.50. The summed E-state index contributed by atoms with van der Waals surface area (Å²) in [5, 5.41) is 2.78. The molecule has 1 rings (SSSR count). The van der Waals surface area contributed by atoms with Crippen molar-refractivity contribution < 1.29 is 4.74 Å². The summed E-state index contributed by atoms with van der Waals surface area (Å²) in [7, 11) is 1.48. The minimum atomic E-state index is -1.74. The standard InChI is InChI=1S/C12H15Cl3N4OS/c1-7-3-5-8(6-4-7)9(20-2)17-10(12(13,14)15)18-11(21)19-16/h3-6,10H,16H2,1-2H3,(H2,18,19,21). The number of hydrazine groups is 1. The Balaban J connectivity index is 3.10. The molecule has 5 nitrogen and oxygen atoms in total. The molecule has 0 heterocycles. The average molecular weight is 370 g/mol. The summed E-state index contributed by atoms with van der Waals surface area (Å²) in [4.78, 5) is 4.26. The molecule has 0 aliphatic rings. The number of aliphatic imine (C=N–C) groups is 1. The SMILES string of the molecule is COC(=NC(NC(=S)NN)C(Cl)(Cl)Cl)c1ccc(C)cc1. The van der Waals surface area contributed by atoms with Crippen molar-refractivity contribution in [3.8, 4) is 0 Å². The molecule has 0 bridgehead atoms. The number of hydrogen-bond acceptors (Lipinski definition) is 4. The molecule has 9 heteroatoms. The second kappa shape index (κ2) is 8.00. The van der Waals surface area contributed by atoms with Crippen molar-refractivity contribution in [3.63, 3.8) is 0 Å². The molecule has 0 radical (unpaired) electrons. The minimum absolute atomic E-state index is 0.0921. The first kappa shape index (κ1) is 18.3. The summed E-state index contributed by atoms with van der Waals surface area (Å²) in [5.41, 5.74) is 4.10. The molecular formula is C12H15Cl3N4OS. The number of benzene rings is 1. The molecule has 1 atom stereocenters. The number of hydrogen-bond donors (Lipinski definition) is 3. The van der Waals surface area contributed by atoms with E-state index in [0.717, 1.165) is 11.1 Å². The number of ether oxygens (including phenoxy) is 1. The fourth-order valence-corrected chi connectivity index (χ4v) is 1.83. The lowest BCUT2D eigenvalue weighted by Crippen LogP contribution is -2.49. The fourth-order valence-electron chi connectivity index (χ4n) is 1.41. The van der Waals surface area contributed by atoms with Crippen LogP contribution in [0.5, 0.6) is 0 Å². The van der Waals surface area contributed by atoms with Gasteiger partial charge in [-0.25, -0.2) is 10.8 Å². The van der Waals surface area contributed by atoms with E-state index in [-0.39, 0.29) is 5.11 Å². The molecule has 0 fully saturated rings. The Labute approximate surface area is 143 Å². The van der Waals surface area contributed by atoms with Crippen LogP contribution in [0.3, 0.4) is 0 Å². The molecule has 0 aromatic heterocycles. The van der Waals surface area contributed by atoms with Gasteiger partial charge in [0.2, 0.25) is 9.69 Å². The first-order chi connectivity index (χ1) is 9.77. The van der Waals surface area contributed by atoms with Crippen LogP contribution in [0, 0.1) is 6.92 Å². The van der Waals surface area contributed by atoms with E-state index < -0.39 is 9.96 Å². The number of rotatable bonds is 3. The summed E-state index contributed by atoms with van der Waals surface area (Å²) in [6.45, 7) is 1.98. The van der Waals surface area contributed by atoms with Crippen LogP contribution in [0.2, 0.25) is 0 Å². The Bertz CT molecular complexity index is 516. The van der Waals surface area contributed by atoms with E-state index in [9.17, 15) is 0 Å². The summed E-state index contributed by atoms with van der Waals surface area (Å²) < 4.78 is 3.52. The van der Waals surface area contributed by atoms with E-state index in [2.05, 4.69) is 15.7 Å². The molecule has 0 amide bonds. The Hall–Kier alpha value is -0.790. The number of alkyl halides is 3. The topological polar surface area (TPSA) is 71.7 Å². The van der Waals surface area contributed by atoms with E-state index in [1.54, 1.807) is 0 Å². The maximum atomic E-state index is 5.89. The van der Waals surface area contributed by atoms with E-state index in [1.807, 2.05) is 31.2 Å². The highest BCUT2D eigenvalue weighted by atomic mass is 35.6. The van der Waals surface area contributed by atoms with Crippen LogP contribution in [-0.2, 0) is 4.74 Å². The van der Waals surface area contributed by atoms with Crippen LogP contribution < -0.4 is 16.6 Å². The van der Waals surface area contributed by atoms with Gasteiger partial charge in [-0.1, -0.05) is 52.5 Å². The molecule has 1 aromatic rings. The maximum Gasteiger partial charge on any atom is 0.230 e. The summed E-state index contributed by atoms with van der Waals surface area (Å²) in [6, 6.07) is 7.56. The van der Waals surface area contributed by atoms with Gasteiger partial charge in [0.25, 0.3) is 0 Å².